The number of primary amides is 1. The molecule has 220 valence electrons. The zero-order valence-electron chi connectivity index (χ0n) is 23.7. The predicted octanol–water partition coefficient (Wildman–Crippen LogP) is 2.31. The number of piperidine rings is 3. The lowest BCUT2D eigenvalue weighted by molar-refractivity contribution is -0.127. The fourth-order valence-electron chi connectivity index (χ4n) is 6.18. The minimum atomic E-state index is -0.571. The van der Waals surface area contributed by atoms with E-state index < -0.39 is 5.91 Å². The average Bonchev–Trinajstić information content (AvgIpc) is 3.01. The first kappa shape index (κ1) is 28.5. The molecular weight excluding hydrogens is 520 g/mol. The average molecular weight is 563 g/mol. The van der Waals surface area contributed by atoms with E-state index in [2.05, 4.69) is 39.6 Å². The third kappa shape index (κ3) is 7.01. The third-order valence-electron chi connectivity index (χ3n) is 8.53. The SMILES string of the molecule is C=CC(=O)N1CCC(c2ccc(NC3=C(C(N)=O)NCC(N4CCCC(NC(=O)N5CCCCC5)C4)=N3)cc2)CC1. The zero-order valence-corrected chi connectivity index (χ0v) is 23.7. The van der Waals surface area contributed by atoms with E-state index in [4.69, 9.17) is 10.7 Å². The molecule has 1 aromatic carbocycles. The van der Waals surface area contributed by atoms with E-state index in [-0.39, 0.29) is 23.7 Å². The van der Waals surface area contributed by atoms with Crippen LogP contribution in [0.15, 0.2) is 53.4 Å². The molecule has 5 rings (SSSR count). The summed E-state index contributed by atoms with van der Waals surface area (Å²) in [4.78, 5) is 47.6. The number of carbonyl (C=O) groups is 3. The maximum absolute atomic E-state index is 12.8. The third-order valence-corrected chi connectivity index (χ3v) is 8.53. The monoisotopic (exact) mass is 562 g/mol. The first-order valence-electron chi connectivity index (χ1n) is 14.9. The van der Waals surface area contributed by atoms with Gasteiger partial charge in [0.05, 0.1) is 6.54 Å². The molecule has 1 aromatic rings. The Kier molecular flexibility index (Phi) is 9.11. The highest BCUT2D eigenvalue weighted by Gasteiger charge is 2.29. The molecule has 11 nitrogen and oxygen atoms in total. The van der Waals surface area contributed by atoms with Crippen molar-refractivity contribution in [2.24, 2.45) is 10.7 Å². The van der Waals surface area contributed by atoms with Crippen LogP contribution in [0.2, 0.25) is 0 Å². The van der Waals surface area contributed by atoms with Crippen LogP contribution in [0.25, 0.3) is 0 Å². The predicted molar refractivity (Wildman–Crippen MR) is 159 cm³/mol. The molecule has 4 aliphatic heterocycles. The zero-order chi connectivity index (χ0) is 28.8. The molecule has 0 spiro atoms. The van der Waals surface area contributed by atoms with Gasteiger partial charge >= 0.3 is 6.03 Å². The maximum atomic E-state index is 12.8. The highest BCUT2D eigenvalue weighted by atomic mass is 16.2. The van der Waals surface area contributed by atoms with E-state index in [0.29, 0.717) is 24.8 Å². The number of amides is 4. The van der Waals surface area contributed by atoms with Gasteiger partial charge in [-0.3, -0.25) is 9.59 Å². The normalized spacial score (nSPS) is 22.0. The molecule has 0 aliphatic carbocycles. The molecule has 3 fully saturated rings. The molecule has 0 radical (unpaired) electrons. The molecule has 0 aromatic heterocycles. The Hall–Kier alpha value is -4.02. The number of urea groups is 1. The second-order valence-corrected chi connectivity index (χ2v) is 11.3. The molecule has 5 N–H and O–H groups in total. The number of benzene rings is 1. The van der Waals surface area contributed by atoms with Crippen LogP contribution in [-0.4, -0.2) is 90.2 Å². The Morgan fingerprint density at radius 2 is 1.68 bits per heavy atom. The summed E-state index contributed by atoms with van der Waals surface area (Å²) in [6.45, 7) is 8.59. The van der Waals surface area contributed by atoms with E-state index in [1.807, 2.05) is 21.9 Å². The Labute approximate surface area is 241 Å². The van der Waals surface area contributed by atoms with Gasteiger partial charge in [0.25, 0.3) is 5.91 Å². The van der Waals surface area contributed by atoms with Crippen LogP contribution >= 0.6 is 0 Å². The molecule has 0 saturated carbocycles. The molecule has 41 heavy (non-hydrogen) atoms. The molecule has 4 aliphatic rings. The molecule has 0 bridgehead atoms. The summed E-state index contributed by atoms with van der Waals surface area (Å²) in [6, 6.07) is 8.22. The van der Waals surface area contributed by atoms with Gasteiger partial charge in [0.15, 0.2) is 5.82 Å². The number of amidine groups is 1. The summed E-state index contributed by atoms with van der Waals surface area (Å²) in [6.07, 6.45) is 8.40. The van der Waals surface area contributed by atoms with Gasteiger partial charge in [0.1, 0.15) is 11.5 Å². The lowest BCUT2D eigenvalue weighted by Gasteiger charge is -2.38. The van der Waals surface area contributed by atoms with E-state index in [1.165, 1.54) is 18.1 Å². The molecule has 1 unspecified atom stereocenters. The Morgan fingerprint density at radius 3 is 2.37 bits per heavy atom. The summed E-state index contributed by atoms with van der Waals surface area (Å²) < 4.78 is 0. The van der Waals surface area contributed by atoms with Gasteiger partial charge in [-0.25, -0.2) is 9.79 Å². The van der Waals surface area contributed by atoms with Crippen LogP contribution in [0.3, 0.4) is 0 Å². The molecule has 4 heterocycles. The molecule has 3 saturated heterocycles. The van der Waals surface area contributed by atoms with Crippen molar-refractivity contribution >= 4 is 29.4 Å². The largest absolute Gasteiger partial charge is 0.370 e. The molecular formula is C30H42N8O3. The topological polar surface area (TPSA) is 135 Å². The van der Waals surface area contributed by atoms with Crippen LogP contribution in [0.4, 0.5) is 10.5 Å². The van der Waals surface area contributed by atoms with E-state index in [9.17, 15) is 14.4 Å². The lowest BCUT2D eigenvalue weighted by Crippen LogP contribution is -2.55. The minimum absolute atomic E-state index is 0.00943. The molecule has 1 atom stereocenters. The lowest BCUT2D eigenvalue weighted by atomic mass is 9.89. The maximum Gasteiger partial charge on any atom is 0.317 e. The van der Waals surface area contributed by atoms with Crippen LogP contribution in [0, 0.1) is 0 Å². The number of likely N-dealkylation sites (tertiary alicyclic amines) is 3. The van der Waals surface area contributed by atoms with Gasteiger partial charge in [-0.05, 0) is 74.6 Å². The number of nitrogens with two attached hydrogens (primary N) is 1. The second-order valence-electron chi connectivity index (χ2n) is 11.3. The Morgan fingerprint density at radius 1 is 0.951 bits per heavy atom. The van der Waals surface area contributed by atoms with Gasteiger partial charge < -0.3 is 36.4 Å². The van der Waals surface area contributed by atoms with Gasteiger partial charge in [0, 0.05) is 51.0 Å². The number of aliphatic imine (C=N–C) groups is 1. The summed E-state index contributed by atoms with van der Waals surface area (Å²) in [5.41, 5.74) is 7.96. The number of nitrogens with one attached hydrogen (secondary N) is 3. The van der Waals surface area contributed by atoms with Crippen LogP contribution in [0.1, 0.15) is 56.4 Å². The Balaban J connectivity index is 1.22. The van der Waals surface area contributed by atoms with Gasteiger partial charge in [0.2, 0.25) is 5.91 Å². The number of nitrogens with zero attached hydrogens (tertiary/aromatic N) is 4. The fraction of sp³-hybridized carbons (Fsp3) is 0.533. The quantitative estimate of drug-likeness (QED) is 0.393. The first-order chi connectivity index (χ1) is 19.9. The molecule has 4 amide bonds. The number of rotatable bonds is 6. The first-order valence-corrected chi connectivity index (χ1v) is 14.9. The number of hydrogen-bond acceptors (Lipinski definition) is 7. The number of hydrogen-bond donors (Lipinski definition) is 4. The van der Waals surface area contributed by atoms with E-state index in [0.717, 1.165) is 82.8 Å². The molecule has 11 heteroatoms. The highest BCUT2D eigenvalue weighted by molar-refractivity contribution is 5.97. The minimum Gasteiger partial charge on any atom is -0.370 e. The summed E-state index contributed by atoms with van der Waals surface area (Å²) in [5.74, 6) is 1.01. The van der Waals surface area contributed by atoms with Crippen molar-refractivity contribution < 1.29 is 14.4 Å². The van der Waals surface area contributed by atoms with E-state index in [1.54, 1.807) is 0 Å². The van der Waals surface area contributed by atoms with Crippen molar-refractivity contribution in [3.63, 3.8) is 0 Å². The highest BCUT2D eigenvalue weighted by Crippen LogP contribution is 2.29. The number of carbonyl (C=O) groups excluding carboxylic acids is 3. The van der Waals surface area contributed by atoms with E-state index >= 15 is 0 Å². The van der Waals surface area contributed by atoms with Gasteiger partial charge in [-0.1, -0.05) is 18.7 Å². The fourth-order valence-corrected chi connectivity index (χ4v) is 6.18. The van der Waals surface area contributed by atoms with Crippen LogP contribution in [-0.2, 0) is 9.59 Å². The smallest absolute Gasteiger partial charge is 0.317 e. The second kappa shape index (κ2) is 13.1. The van der Waals surface area contributed by atoms with Crippen molar-refractivity contribution in [1.29, 1.82) is 0 Å². The summed E-state index contributed by atoms with van der Waals surface area (Å²) in [5, 5.41) is 9.67. The summed E-state index contributed by atoms with van der Waals surface area (Å²) in [7, 11) is 0. The summed E-state index contributed by atoms with van der Waals surface area (Å²) >= 11 is 0. The van der Waals surface area contributed by atoms with Gasteiger partial charge in [-0.15, -0.1) is 0 Å². The van der Waals surface area contributed by atoms with Crippen LogP contribution in [0.5, 0.6) is 0 Å². The van der Waals surface area contributed by atoms with Crippen molar-refractivity contribution in [1.82, 2.24) is 25.3 Å². The van der Waals surface area contributed by atoms with Crippen molar-refractivity contribution in [2.45, 2.75) is 56.9 Å². The Bertz CT molecular complexity index is 1200. The van der Waals surface area contributed by atoms with Crippen molar-refractivity contribution in [3.05, 3.63) is 54.0 Å². The van der Waals surface area contributed by atoms with Gasteiger partial charge in [-0.2, -0.15) is 0 Å². The van der Waals surface area contributed by atoms with Crippen molar-refractivity contribution in [3.8, 4) is 0 Å². The van der Waals surface area contributed by atoms with Crippen LogP contribution < -0.4 is 21.7 Å². The standard InChI is InChI=1S/C30H42N8O3/c1-2-26(39)36-17-12-22(13-18-36)21-8-10-23(11-9-21)33-29-27(28(31)40)32-19-25(35-29)38-16-6-7-24(20-38)34-30(41)37-14-4-3-5-15-37/h2,8-11,22,24,32-33H,1,3-7,12-20H2,(H2,31,40)(H,34,41). The number of anilines is 1. The van der Waals surface area contributed by atoms with Crippen molar-refractivity contribution in [2.75, 3.05) is 51.1 Å².